The molecule has 1 aromatic rings. The number of nitrogens with zero attached hydrogens (tertiary/aromatic N) is 2. The van der Waals surface area contributed by atoms with E-state index < -0.39 is 11.0 Å². The minimum Gasteiger partial charge on any atom is -0.494 e. The molecule has 0 fully saturated rings. The topological polar surface area (TPSA) is 114 Å². The summed E-state index contributed by atoms with van der Waals surface area (Å²) in [6, 6.07) is 3.36. The number of hydrogen-bond acceptors (Lipinski definition) is 6. The van der Waals surface area contributed by atoms with Crippen molar-refractivity contribution in [3.63, 3.8) is 0 Å². The predicted octanol–water partition coefficient (Wildman–Crippen LogP) is 1.39. The SMILES string of the molecule is COc1cc([N+](=O)[O-])ccc1NC(=O)[C@@H](C)N(C)CC(=O)NC(C)C. The highest BCUT2D eigenvalue weighted by Crippen LogP contribution is 2.29. The van der Waals surface area contributed by atoms with Gasteiger partial charge in [-0.2, -0.15) is 0 Å². The molecule has 0 aliphatic rings. The number of nitrogens with one attached hydrogen (secondary N) is 2. The van der Waals surface area contributed by atoms with E-state index in [0.29, 0.717) is 5.69 Å². The Morgan fingerprint density at radius 2 is 1.96 bits per heavy atom. The van der Waals surface area contributed by atoms with Crippen molar-refractivity contribution in [1.82, 2.24) is 10.2 Å². The maximum Gasteiger partial charge on any atom is 0.273 e. The molecule has 2 amide bonds. The summed E-state index contributed by atoms with van der Waals surface area (Å²) >= 11 is 0. The van der Waals surface area contributed by atoms with Crippen LogP contribution in [0.15, 0.2) is 18.2 Å². The lowest BCUT2D eigenvalue weighted by Gasteiger charge is -2.24. The summed E-state index contributed by atoms with van der Waals surface area (Å²) < 4.78 is 5.09. The van der Waals surface area contributed by atoms with Gasteiger partial charge in [0.05, 0.1) is 36.4 Å². The number of methoxy groups -OCH3 is 1. The van der Waals surface area contributed by atoms with E-state index in [1.165, 1.54) is 25.3 Å². The van der Waals surface area contributed by atoms with Gasteiger partial charge in [-0.15, -0.1) is 0 Å². The van der Waals surface area contributed by atoms with Crippen LogP contribution in [0.3, 0.4) is 0 Å². The Bertz CT molecular complexity index is 647. The summed E-state index contributed by atoms with van der Waals surface area (Å²) in [5.74, 6) is -0.341. The smallest absolute Gasteiger partial charge is 0.273 e. The molecule has 0 unspecified atom stereocenters. The van der Waals surface area contributed by atoms with Gasteiger partial charge in [-0.05, 0) is 33.9 Å². The molecule has 25 heavy (non-hydrogen) atoms. The Morgan fingerprint density at radius 1 is 1.32 bits per heavy atom. The molecule has 0 spiro atoms. The normalized spacial score (nSPS) is 12.0. The molecule has 9 heteroatoms. The van der Waals surface area contributed by atoms with E-state index in [9.17, 15) is 19.7 Å². The van der Waals surface area contributed by atoms with Gasteiger partial charge in [0.15, 0.2) is 0 Å². The summed E-state index contributed by atoms with van der Waals surface area (Å²) in [4.78, 5) is 36.0. The Balaban J connectivity index is 2.77. The molecule has 0 saturated heterocycles. The first-order valence-corrected chi connectivity index (χ1v) is 7.78. The molecule has 0 saturated carbocycles. The van der Waals surface area contributed by atoms with E-state index in [-0.39, 0.29) is 35.8 Å². The third-order valence-corrected chi connectivity index (χ3v) is 3.54. The summed E-state index contributed by atoms with van der Waals surface area (Å²) in [5, 5.41) is 16.2. The molecule has 1 rings (SSSR count). The van der Waals surface area contributed by atoms with Gasteiger partial charge >= 0.3 is 0 Å². The van der Waals surface area contributed by atoms with Crippen molar-refractivity contribution in [1.29, 1.82) is 0 Å². The highest BCUT2D eigenvalue weighted by Gasteiger charge is 2.22. The Kier molecular flexibility index (Phi) is 7.31. The molecule has 0 radical (unpaired) electrons. The number of nitro groups is 1. The monoisotopic (exact) mass is 352 g/mol. The van der Waals surface area contributed by atoms with Gasteiger partial charge < -0.3 is 15.4 Å². The Hall–Kier alpha value is -2.68. The molecule has 2 N–H and O–H groups in total. The summed E-state index contributed by atoms with van der Waals surface area (Å²) in [5.41, 5.74) is 0.190. The molecular formula is C16H24N4O5. The second-order valence-electron chi connectivity index (χ2n) is 5.94. The van der Waals surface area contributed by atoms with Crippen LogP contribution in [0.2, 0.25) is 0 Å². The third-order valence-electron chi connectivity index (χ3n) is 3.54. The number of hydrogen-bond donors (Lipinski definition) is 2. The van der Waals surface area contributed by atoms with Gasteiger partial charge in [0.25, 0.3) is 5.69 Å². The zero-order valence-electron chi connectivity index (χ0n) is 15.0. The van der Waals surface area contributed by atoms with Crippen LogP contribution < -0.4 is 15.4 Å². The average molecular weight is 352 g/mol. The van der Waals surface area contributed by atoms with E-state index in [1.54, 1.807) is 18.9 Å². The number of ether oxygens (including phenoxy) is 1. The number of nitro benzene ring substituents is 1. The van der Waals surface area contributed by atoms with E-state index >= 15 is 0 Å². The Morgan fingerprint density at radius 3 is 2.48 bits per heavy atom. The molecule has 9 nitrogen and oxygen atoms in total. The quantitative estimate of drug-likeness (QED) is 0.540. The van der Waals surface area contributed by atoms with Crippen molar-refractivity contribution in [3.05, 3.63) is 28.3 Å². The highest BCUT2D eigenvalue weighted by atomic mass is 16.6. The van der Waals surface area contributed by atoms with Crippen molar-refractivity contribution in [2.75, 3.05) is 26.0 Å². The fourth-order valence-corrected chi connectivity index (χ4v) is 2.07. The maximum absolute atomic E-state index is 12.4. The predicted molar refractivity (Wildman–Crippen MR) is 93.6 cm³/mol. The van der Waals surface area contributed by atoms with Crippen LogP contribution in [0.4, 0.5) is 11.4 Å². The van der Waals surface area contributed by atoms with Crippen LogP contribution in [-0.2, 0) is 9.59 Å². The number of carbonyl (C=O) groups is 2. The molecule has 0 bridgehead atoms. The molecule has 0 heterocycles. The van der Waals surface area contributed by atoms with Gasteiger partial charge in [0, 0.05) is 12.1 Å². The van der Waals surface area contributed by atoms with Crippen LogP contribution in [0.1, 0.15) is 20.8 Å². The van der Waals surface area contributed by atoms with Crippen LogP contribution in [-0.4, -0.2) is 54.4 Å². The average Bonchev–Trinajstić information content (AvgIpc) is 2.53. The maximum atomic E-state index is 12.4. The van der Waals surface area contributed by atoms with E-state index in [1.807, 2.05) is 13.8 Å². The summed E-state index contributed by atoms with van der Waals surface area (Å²) in [6.07, 6.45) is 0. The second kappa shape index (κ2) is 8.97. The summed E-state index contributed by atoms with van der Waals surface area (Å²) in [6.45, 7) is 5.45. The van der Waals surface area contributed by atoms with Crippen molar-refractivity contribution < 1.29 is 19.2 Å². The van der Waals surface area contributed by atoms with Gasteiger partial charge in [-0.3, -0.25) is 24.6 Å². The van der Waals surface area contributed by atoms with Crippen molar-refractivity contribution in [2.45, 2.75) is 32.9 Å². The number of anilines is 1. The Labute approximate surface area is 146 Å². The van der Waals surface area contributed by atoms with Crippen LogP contribution in [0.5, 0.6) is 5.75 Å². The van der Waals surface area contributed by atoms with Gasteiger partial charge in [0.1, 0.15) is 5.75 Å². The standard InChI is InChI=1S/C16H24N4O5/c1-10(2)17-15(21)9-19(4)11(3)16(22)18-13-7-6-12(20(23)24)8-14(13)25-5/h6-8,10-11H,9H2,1-5H3,(H,17,21)(H,18,22)/t11-/m1/s1. The number of rotatable bonds is 8. The molecule has 1 atom stereocenters. The van der Waals surface area contributed by atoms with Crippen molar-refractivity contribution >= 4 is 23.2 Å². The first kappa shape index (κ1) is 20.4. The number of carbonyl (C=O) groups excluding carboxylic acids is 2. The van der Waals surface area contributed by atoms with Crippen LogP contribution in [0.25, 0.3) is 0 Å². The first-order valence-electron chi connectivity index (χ1n) is 7.78. The number of non-ortho nitro benzene ring substituents is 1. The lowest BCUT2D eigenvalue weighted by Crippen LogP contribution is -2.46. The minimum atomic E-state index is -0.585. The fourth-order valence-electron chi connectivity index (χ4n) is 2.07. The van der Waals surface area contributed by atoms with Crippen molar-refractivity contribution in [3.8, 4) is 5.75 Å². The van der Waals surface area contributed by atoms with E-state index in [2.05, 4.69) is 10.6 Å². The zero-order valence-corrected chi connectivity index (χ0v) is 15.0. The molecular weight excluding hydrogens is 328 g/mol. The largest absolute Gasteiger partial charge is 0.494 e. The second-order valence-corrected chi connectivity index (χ2v) is 5.94. The first-order chi connectivity index (χ1) is 11.6. The lowest BCUT2D eigenvalue weighted by molar-refractivity contribution is -0.384. The highest BCUT2D eigenvalue weighted by molar-refractivity contribution is 5.96. The number of benzene rings is 1. The third kappa shape index (κ3) is 6.03. The van der Waals surface area contributed by atoms with E-state index in [0.717, 1.165) is 0 Å². The minimum absolute atomic E-state index is 0.0226. The molecule has 0 aliphatic carbocycles. The molecule has 0 aliphatic heterocycles. The van der Waals surface area contributed by atoms with Crippen LogP contribution >= 0.6 is 0 Å². The van der Waals surface area contributed by atoms with Gasteiger partial charge in [-0.1, -0.05) is 0 Å². The number of likely N-dealkylation sites (N-methyl/N-ethyl adjacent to an activating group) is 1. The van der Waals surface area contributed by atoms with Gasteiger partial charge in [-0.25, -0.2) is 0 Å². The lowest BCUT2D eigenvalue weighted by atomic mass is 10.2. The molecule has 1 aromatic carbocycles. The molecule has 0 aromatic heterocycles. The van der Waals surface area contributed by atoms with Crippen molar-refractivity contribution in [2.24, 2.45) is 0 Å². The van der Waals surface area contributed by atoms with Crippen LogP contribution in [0, 0.1) is 10.1 Å². The zero-order chi connectivity index (χ0) is 19.1. The number of amides is 2. The summed E-state index contributed by atoms with van der Waals surface area (Å²) in [7, 11) is 3.03. The fraction of sp³-hybridized carbons (Fsp3) is 0.500. The van der Waals surface area contributed by atoms with E-state index in [4.69, 9.17) is 4.74 Å². The van der Waals surface area contributed by atoms with Gasteiger partial charge in [0.2, 0.25) is 11.8 Å². The molecule has 138 valence electrons.